The Labute approximate surface area is 106 Å². The number of anilines is 1. The van der Waals surface area contributed by atoms with Crippen LogP contribution < -0.4 is 10.6 Å². The van der Waals surface area contributed by atoms with Gasteiger partial charge in [-0.15, -0.1) is 0 Å². The van der Waals surface area contributed by atoms with Gasteiger partial charge in [-0.2, -0.15) is 0 Å². The zero-order valence-electron chi connectivity index (χ0n) is 11.8. The van der Waals surface area contributed by atoms with Crippen molar-refractivity contribution in [1.82, 2.24) is 0 Å². The van der Waals surface area contributed by atoms with Crippen molar-refractivity contribution in [3.05, 3.63) is 29.3 Å². The molecule has 0 aromatic heterocycles. The van der Waals surface area contributed by atoms with Crippen molar-refractivity contribution >= 4 is 5.69 Å². The summed E-state index contributed by atoms with van der Waals surface area (Å²) in [6, 6.07) is 7.10. The van der Waals surface area contributed by atoms with Crippen LogP contribution in [0.3, 0.4) is 0 Å². The summed E-state index contributed by atoms with van der Waals surface area (Å²) in [6.45, 7) is 9.49. The Kier molecular flexibility index (Phi) is 5.01. The molecule has 0 fully saturated rings. The number of likely N-dealkylation sites (N-methyl/N-ethyl adjacent to an activating group) is 1. The van der Waals surface area contributed by atoms with Gasteiger partial charge in [0, 0.05) is 25.3 Å². The first-order valence-electron chi connectivity index (χ1n) is 6.45. The van der Waals surface area contributed by atoms with Crippen molar-refractivity contribution in [1.29, 1.82) is 0 Å². The van der Waals surface area contributed by atoms with E-state index in [9.17, 15) is 0 Å². The van der Waals surface area contributed by atoms with E-state index in [0.29, 0.717) is 18.5 Å². The topological polar surface area (TPSA) is 29.3 Å². The zero-order chi connectivity index (χ0) is 13.0. The summed E-state index contributed by atoms with van der Waals surface area (Å²) in [5.74, 6) is 0.678. The summed E-state index contributed by atoms with van der Waals surface area (Å²) in [5.41, 5.74) is 9.79. The molecule has 0 amide bonds. The van der Waals surface area contributed by atoms with Crippen LogP contribution in [0.2, 0.25) is 0 Å². The molecule has 1 atom stereocenters. The highest BCUT2D eigenvalue weighted by atomic mass is 15.1. The summed E-state index contributed by atoms with van der Waals surface area (Å²) in [7, 11) is 2.15. The van der Waals surface area contributed by atoms with Gasteiger partial charge in [0.15, 0.2) is 0 Å². The molecule has 0 aliphatic rings. The van der Waals surface area contributed by atoms with Gasteiger partial charge >= 0.3 is 0 Å². The van der Waals surface area contributed by atoms with Gasteiger partial charge in [-0.1, -0.05) is 19.9 Å². The minimum Gasteiger partial charge on any atom is -0.370 e. The first-order chi connectivity index (χ1) is 7.93. The highest BCUT2D eigenvalue weighted by Gasteiger charge is 2.15. The number of hydrogen-bond acceptors (Lipinski definition) is 2. The molecule has 0 bridgehead atoms. The van der Waals surface area contributed by atoms with Crippen LogP contribution in [-0.2, 0) is 0 Å². The Morgan fingerprint density at radius 1 is 1.12 bits per heavy atom. The summed E-state index contributed by atoms with van der Waals surface area (Å²) in [4.78, 5) is 2.32. The Morgan fingerprint density at radius 2 is 1.65 bits per heavy atom. The van der Waals surface area contributed by atoms with Gasteiger partial charge in [0.2, 0.25) is 0 Å². The van der Waals surface area contributed by atoms with Crippen LogP contribution in [0.1, 0.15) is 31.4 Å². The molecule has 0 heterocycles. The number of nitrogens with two attached hydrogens (primary N) is 1. The molecule has 0 saturated heterocycles. The Balaban J connectivity index is 2.89. The second-order valence-electron chi connectivity index (χ2n) is 5.48. The van der Waals surface area contributed by atoms with E-state index in [-0.39, 0.29) is 0 Å². The van der Waals surface area contributed by atoms with Crippen molar-refractivity contribution in [3.8, 4) is 0 Å². The van der Waals surface area contributed by atoms with Gasteiger partial charge in [-0.25, -0.2) is 0 Å². The molecule has 96 valence electrons. The molecule has 0 spiro atoms. The molecule has 0 saturated carbocycles. The van der Waals surface area contributed by atoms with Crippen LogP contribution in [0.5, 0.6) is 0 Å². The van der Waals surface area contributed by atoms with E-state index in [1.807, 2.05) is 0 Å². The fourth-order valence-corrected chi connectivity index (χ4v) is 2.32. The van der Waals surface area contributed by atoms with Crippen LogP contribution in [-0.4, -0.2) is 19.6 Å². The average molecular weight is 234 g/mol. The average Bonchev–Trinajstić information content (AvgIpc) is 2.23. The van der Waals surface area contributed by atoms with E-state index in [0.717, 1.165) is 6.42 Å². The van der Waals surface area contributed by atoms with Crippen molar-refractivity contribution < 1.29 is 0 Å². The number of aryl methyl sites for hydroxylation is 2. The molecule has 0 aliphatic carbocycles. The van der Waals surface area contributed by atoms with Gasteiger partial charge in [-0.3, -0.25) is 0 Å². The normalized spacial score (nSPS) is 12.9. The van der Waals surface area contributed by atoms with Crippen LogP contribution in [0.25, 0.3) is 0 Å². The van der Waals surface area contributed by atoms with Gasteiger partial charge < -0.3 is 10.6 Å². The minimum atomic E-state index is 0.427. The molecule has 1 unspecified atom stereocenters. The number of rotatable bonds is 5. The van der Waals surface area contributed by atoms with E-state index in [1.54, 1.807) is 0 Å². The third-order valence-electron chi connectivity index (χ3n) is 3.18. The van der Waals surface area contributed by atoms with E-state index in [4.69, 9.17) is 5.73 Å². The Hall–Kier alpha value is -1.02. The maximum Gasteiger partial charge on any atom is 0.0411 e. The maximum absolute atomic E-state index is 5.89. The molecule has 0 aliphatic heterocycles. The predicted molar refractivity (Wildman–Crippen MR) is 76.6 cm³/mol. The smallest absolute Gasteiger partial charge is 0.0411 e. The van der Waals surface area contributed by atoms with E-state index >= 15 is 0 Å². The highest BCUT2D eigenvalue weighted by Crippen LogP contribution is 2.21. The molecule has 1 rings (SSSR count). The monoisotopic (exact) mass is 234 g/mol. The van der Waals surface area contributed by atoms with Crippen LogP contribution in [0.4, 0.5) is 5.69 Å². The van der Waals surface area contributed by atoms with Gasteiger partial charge in [0.25, 0.3) is 0 Å². The van der Waals surface area contributed by atoms with E-state index in [1.165, 1.54) is 16.8 Å². The first-order valence-corrected chi connectivity index (χ1v) is 6.45. The van der Waals surface area contributed by atoms with Gasteiger partial charge in [0.1, 0.15) is 0 Å². The third-order valence-corrected chi connectivity index (χ3v) is 3.18. The third kappa shape index (κ3) is 4.04. The number of hydrogen-bond donors (Lipinski definition) is 1. The molecular weight excluding hydrogens is 208 g/mol. The second-order valence-corrected chi connectivity index (χ2v) is 5.48. The number of benzene rings is 1. The molecule has 1 aromatic rings. The SMILES string of the molecule is Cc1cc(C)cc(N(C)C(CN)CC(C)C)c1. The van der Waals surface area contributed by atoms with Crippen LogP contribution >= 0.6 is 0 Å². The molecule has 2 nitrogen and oxygen atoms in total. The van der Waals surface area contributed by atoms with Crippen molar-refractivity contribution in [3.63, 3.8) is 0 Å². The predicted octanol–water partition coefficient (Wildman–Crippen LogP) is 3.11. The molecule has 0 radical (unpaired) electrons. The largest absolute Gasteiger partial charge is 0.370 e. The minimum absolute atomic E-state index is 0.427. The van der Waals surface area contributed by atoms with Crippen molar-refractivity contribution in [2.45, 2.75) is 40.2 Å². The quantitative estimate of drug-likeness (QED) is 0.848. The molecule has 2 heteroatoms. The van der Waals surface area contributed by atoms with Crippen molar-refractivity contribution in [2.75, 3.05) is 18.5 Å². The lowest BCUT2D eigenvalue weighted by Gasteiger charge is -2.31. The molecule has 2 N–H and O–H groups in total. The lowest BCUT2D eigenvalue weighted by atomic mass is 10.0. The highest BCUT2D eigenvalue weighted by molar-refractivity contribution is 5.51. The van der Waals surface area contributed by atoms with Crippen LogP contribution in [0.15, 0.2) is 18.2 Å². The Bertz CT molecular complexity index is 338. The van der Waals surface area contributed by atoms with Gasteiger partial charge in [-0.05, 0) is 49.4 Å². The van der Waals surface area contributed by atoms with E-state index in [2.05, 4.69) is 57.8 Å². The summed E-state index contributed by atoms with van der Waals surface area (Å²) in [6.07, 6.45) is 1.14. The summed E-state index contributed by atoms with van der Waals surface area (Å²) >= 11 is 0. The standard InChI is InChI=1S/C15H26N2/c1-11(2)6-15(10-16)17(5)14-8-12(3)7-13(4)9-14/h7-9,11,15H,6,10,16H2,1-5H3. The van der Waals surface area contributed by atoms with Crippen molar-refractivity contribution in [2.24, 2.45) is 11.7 Å². The molecule has 1 aromatic carbocycles. The van der Waals surface area contributed by atoms with Crippen LogP contribution in [0, 0.1) is 19.8 Å². The number of nitrogens with zero attached hydrogens (tertiary/aromatic N) is 1. The second kappa shape index (κ2) is 6.06. The molecular formula is C15H26N2. The Morgan fingerprint density at radius 3 is 2.06 bits per heavy atom. The van der Waals surface area contributed by atoms with E-state index < -0.39 is 0 Å². The fourth-order valence-electron chi connectivity index (χ4n) is 2.32. The zero-order valence-corrected chi connectivity index (χ0v) is 11.8. The fraction of sp³-hybridized carbons (Fsp3) is 0.600. The lowest BCUT2D eigenvalue weighted by Crippen LogP contribution is -2.39. The lowest BCUT2D eigenvalue weighted by molar-refractivity contribution is 0.485. The maximum atomic E-state index is 5.89. The first kappa shape index (κ1) is 14.0. The van der Waals surface area contributed by atoms with Gasteiger partial charge in [0.05, 0.1) is 0 Å². The summed E-state index contributed by atoms with van der Waals surface area (Å²) < 4.78 is 0. The molecule has 17 heavy (non-hydrogen) atoms. The summed E-state index contributed by atoms with van der Waals surface area (Å²) in [5, 5.41) is 0.